The van der Waals surface area contributed by atoms with Crippen LogP contribution < -0.4 is 10.1 Å². The van der Waals surface area contributed by atoms with Gasteiger partial charge < -0.3 is 30.3 Å². The number of hydrogen-bond acceptors (Lipinski definition) is 9. The lowest BCUT2D eigenvalue weighted by atomic mass is 10.1. The summed E-state index contributed by atoms with van der Waals surface area (Å²) in [5, 5.41) is 52.1. The molecule has 1 aliphatic rings. The first-order valence-corrected chi connectivity index (χ1v) is 8.18. The van der Waals surface area contributed by atoms with Crippen LogP contribution in [0.1, 0.15) is 11.1 Å². The lowest BCUT2D eigenvalue weighted by Crippen LogP contribution is -2.59. The number of rotatable bonds is 6. The Morgan fingerprint density at radius 1 is 1.07 bits per heavy atom. The van der Waals surface area contributed by atoms with E-state index in [4.69, 9.17) is 14.5 Å². The largest absolute Gasteiger partial charge is 0.504 e. The van der Waals surface area contributed by atoms with Gasteiger partial charge >= 0.3 is 0 Å². The van der Waals surface area contributed by atoms with Crippen LogP contribution in [0.15, 0.2) is 42.5 Å². The summed E-state index contributed by atoms with van der Waals surface area (Å²) in [4.78, 5) is 9.47. The van der Waals surface area contributed by atoms with Crippen LogP contribution in [0, 0.1) is 6.92 Å². The van der Waals surface area contributed by atoms with Crippen LogP contribution >= 0.6 is 0 Å². The molecule has 6 N–H and O–H groups in total. The quantitative estimate of drug-likeness (QED) is 0.307. The number of aromatic hydroxyl groups is 2. The maximum absolute atomic E-state index is 10.4. The van der Waals surface area contributed by atoms with Crippen LogP contribution in [0.3, 0.4) is 0 Å². The Morgan fingerprint density at radius 3 is 2.56 bits per heavy atom. The van der Waals surface area contributed by atoms with Crippen LogP contribution in [0.25, 0.3) is 0 Å². The maximum Gasteiger partial charge on any atom is 0.289 e. The van der Waals surface area contributed by atoms with Gasteiger partial charge in [0, 0.05) is 6.42 Å². The van der Waals surface area contributed by atoms with Crippen molar-refractivity contribution in [1.29, 1.82) is 0 Å². The Labute approximate surface area is 154 Å². The van der Waals surface area contributed by atoms with Gasteiger partial charge in [-0.15, -0.1) is 0 Å². The molecule has 1 saturated heterocycles. The van der Waals surface area contributed by atoms with E-state index in [2.05, 4.69) is 5.32 Å². The molecule has 2 aromatic carbocycles. The molecule has 3 rings (SSSR count). The molecule has 3 unspecified atom stereocenters. The molecule has 0 saturated carbocycles. The second-order valence-corrected chi connectivity index (χ2v) is 6.42. The van der Waals surface area contributed by atoms with Crippen molar-refractivity contribution >= 4 is 0 Å². The molecule has 0 aromatic heterocycles. The number of phenolic OH excluding ortho intramolecular Hbond substituents is 2. The summed E-state index contributed by atoms with van der Waals surface area (Å²) in [5.74, 6) is -4.80. The molecular weight excluding hydrogens is 358 g/mol. The molecule has 0 amide bonds. The zero-order valence-electron chi connectivity index (χ0n) is 14.5. The number of aliphatic hydroxyl groups is 3. The van der Waals surface area contributed by atoms with E-state index in [0.29, 0.717) is 11.3 Å². The second kappa shape index (κ2) is 7.31. The van der Waals surface area contributed by atoms with Crippen molar-refractivity contribution < 1.29 is 40.0 Å². The standard InChI is InChI=1S/C18H21NO8/c1-11-3-2-4-13(7-11)25-10-16(22)18(24)19-17(23,26-27-18)9-12-5-6-14(20)15(21)8-12/h2-8,16,19-24H,9-10H2,1H3. The fourth-order valence-electron chi connectivity index (χ4n) is 2.62. The molecule has 0 spiro atoms. The summed E-state index contributed by atoms with van der Waals surface area (Å²) >= 11 is 0. The van der Waals surface area contributed by atoms with Crippen molar-refractivity contribution in [3.05, 3.63) is 53.6 Å². The van der Waals surface area contributed by atoms with E-state index in [1.807, 2.05) is 13.0 Å². The van der Waals surface area contributed by atoms with Gasteiger partial charge in [0.1, 0.15) is 12.4 Å². The van der Waals surface area contributed by atoms with Gasteiger partial charge in [-0.2, -0.15) is 9.78 Å². The molecule has 0 bridgehead atoms. The number of benzene rings is 2. The highest BCUT2D eigenvalue weighted by Gasteiger charge is 2.54. The highest BCUT2D eigenvalue weighted by Crippen LogP contribution is 2.31. The molecule has 9 nitrogen and oxygen atoms in total. The third-order valence-corrected chi connectivity index (χ3v) is 4.01. The summed E-state index contributed by atoms with van der Waals surface area (Å²) in [5.41, 5.74) is 1.34. The Balaban J connectivity index is 1.62. The first-order chi connectivity index (χ1) is 12.7. The zero-order valence-corrected chi connectivity index (χ0v) is 14.5. The summed E-state index contributed by atoms with van der Waals surface area (Å²) in [6.45, 7) is 1.54. The van der Waals surface area contributed by atoms with Gasteiger partial charge in [0.15, 0.2) is 17.6 Å². The van der Waals surface area contributed by atoms with Crippen molar-refractivity contribution in [3.63, 3.8) is 0 Å². The molecular formula is C18H21NO8. The molecule has 9 heteroatoms. The van der Waals surface area contributed by atoms with Gasteiger partial charge in [0.05, 0.1) is 0 Å². The summed E-state index contributed by atoms with van der Waals surface area (Å²) in [7, 11) is 0. The van der Waals surface area contributed by atoms with Gasteiger partial charge in [-0.05, 0) is 42.3 Å². The Kier molecular flexibility index (Phi) is 5.24. The van der Waals surface area contributed by atoms with Crippen molar-refractivity contribution in [1.82, 2.24) is 5.32 Å². The number of ether oxygens (including phenoxy) is 1. The van der Waals surface area contributed by atoms with Gasteiger partial charge in [-0.25, -0.2) is 5.32 Å². The average molecular weight is 379 g/mol. The van der Waals surface area contributed by atoms with Crippen molar-refractivity contribution in [2.24, 2.45) is 0 Å². The highest BCUT2D eigenvalue weighted by molar-refractivity contribution is 5.40. The van der Waals surface area contributed by atoms with E-state index in [-0.39, 0.29) is 24.5 Å². The molecule has 146 valence electrons. The van der Waals surface area contributed by atoms with Gasteiger partial charge in [-0.3, -0.25) is 0 Å². The first-order valence-electron chi connectivity index (χ1n) is 8.18. The van der Waals surface area contributed by atoms with E-state index >= 15 is 0 Å². The zero-order chi connectivity index (χ0) is 19.7. The average Bonchev–Trinajstić information content (AvgIpc) is 2.92. The normalized spacial score (nSPS) is 26.1. The molecule has 3 atom stereocenters. The lowest BCUT2D eigenvalue weighted by Gasteiger charge is -2.27. The second-order valence-electron chi connectivity index (χ2n) is 6.42. The topological polar surface area (TPSA) is 141 Å². The van der Waals surface area contributed by atoms with Gasteiger partial charge in [0.2, 0.25) is 0 Å². The van der Waals surface area contributed by atoms with E-state index < -0.39 is 17.9 Å². The molecule has 27 heavy (non-hydrogen) atoms. The Bertz CT molecular complexity index is 816. The number of nitrogens with one attached hydrogen (secondary N) is 1. The molecule has 1 aliphatic heterocycles. The highest BCUT2D eigenvalue weighted by atomic mass is 17.3. The van der Waals surface area contributed by atoms with Crippen molar-refractivity contribution in [2.45, 2.75) is 31.3 Å². The molecule has 1 fully saturated rings. The summed E-state index contributed by atoms with van der Waals surface area (Å²) < 4.78 is 5.41. The smallest absolute Gasteiger partial charge is 0.289 e. The molecule has 1 heterocycles. The van der Waals surface area contributed by atoms with Crippen LogP contribution in [-0.2, 0) is 16.2 Å². The van der Waals surface area contributed by atoms with E-state index in [1.165, 1.54) is 18.2 Å². The maximum atomic E-state index is 10.4. The van der Waals surface area contributed by atoms with Crippen molar-refractivity contribution in [2.75, 3.05) is 6.61 Å². The Hall–Kier alpha value is -2.40. The monoisotopic (exact) mass is 379 g/mol. The van der Waals surface area contributed by atoms with E-state index in [1.54, 1.807) is 18.2 Å². The van der Waals surface area contributed by atoms with Gasteiger partial charge in [-0.1, -0.05) is 18.2 Å². The third-order valence-electron chi connectivity index (χ3n) is 4.01. The minimum absolute atomic E-state index is 0.255. The number of aliphatic hydroxyl groups excluding tert-OH is 1. The first kappa shape index (κ1) is 19.4. The SMILES string of the molecule is Cc1cccc(OCC(O)C2(O)NC(O)(Cc3ccc(O)c(O)c3)OO2)c1. The van der Waals surface area contributed by atoms with Crippen molar-refractivity contribution in [3.8, 4) is 17.2 Å². The minimum atomic E-state index is -2.42. The van der Waals surface area contributed by atoms with Crippen LogP contribution in [0.5, 0.6) is 17.2 Å². The molecule has 2 aromatic rings. The molecule has 0 radical (unpaired) electrons. The number of phenols is 2. The fraction of sp³-hybridized carbons (Fsp3) is 0.333. The summed E-state index contributed by atoms with van der Waals surface area (Å²) in [6, 6.07) is 11.0. The fourth-order valence-corrected chi connectivity index (χ4v) is 2.62. The predicted molar refractivity (Wildman–Crippen MR) is 91.4 cm³/mol. The van der Waals surface area contributed by atoms with Gasteiger partial charge in [0.25, 0.3) is 11.8 Å². The van der Waals surface area contributed by atoms with Crippen LogP contribution in [0.2, 0.25) is 0 Å². The van der Waals surface area contributed by atoms with E-state index in [9.17, 15) is 25.5 Å². The number of hydrogen-bond donors (Lipinski definition) is 6. The Morgan fingerprint density at radius 2 is 1.85 bits per heavy atom. The van der Waals surface area contributed by atoms with Crippen LogP contribution in [-0.4, -0.2) is 50.1 Å². The molecule has 0 aliphatic carbocycles. The minimum Gasteiger partial charge on any atom is -0.504 e. The third kappa shape index (κ3) is 4.48. The predicted octanol–water partition coefficient (Wildman–Crippen LogP) is 0.232. The van der Waals surface area contributed by atoms with E-state index in [0.717, 1.165) is 5.56 Å². The van der Waals surface area contributed by atoms with Crippen LogP contribution in [0.4, 0.5) is 0 Å². The lowest BCUT2D eigenvalue weighted by molar-refractivity contribution is -0.434. The summed E-state index contributed by atoms with van der Waals surface area (Å²) in [6.07, 6.45) is -1.85. The number of aryl methyl sites for hydroxylation is 1.